The first kappa shape index (κ1) is 15.3. The summed E-state index contributed by atoms with van der Waals surface area (Å²) in [6, 6.07) is 5.66. The third-order valence-electron chi connectivity index (χ3n) is 3.13. The lowest BCUT2D eigenvalue weighted by Crippen LogP contribution is -2.29. The molecule has 4 heteroatoms. The Labute approximate surface area is 114 Å². The summed E-state index contributed by atoms with van der Waals surface area (Å²) in [5, 5.41) is 3.05. The number of rotatable bonds is 7. The largest absolute Gasteiger partial charge is 0.372 e. The van der Waals surface area contributed by atoms with Gasteiger partial charge in [-0.1, -0.05) is 0 Å². The van der Waals surface area contributed by atoms with Gasteiger partial charge in [0.15, 0.2) is 0 Å². The Bertz CT molecular complexity index is 371. The van der Waals surface area contributed by atoms with E-state index < -0.39 is 0 Å². The number of halogens is 1. The van der Waals surface area contributed by atoms with Gasteiger partial charge in [-0.2, -0.15) is 11.8 Å². The predicted molar refractivity (Wildman–Crippen MR) is 80.0 cm³/mol. The van der Waals surface area contributed by atoms with E-state index in [-0.39, 0.29) is 5.82 Å². The molecule has 0 heterocycles. The smallest absolute Gasteiger partial charge is 0.125 e. The van der Waals surface area contributed by atoms with Crippen LogP contribution in [0.5, 0.6) is 0 Å². The Morgan fingerprint density at radius 3 is 2.72 bits per heavy atom. The van der Waals surface area contributed by atoms with Crippen molar-refractivity contribution in [3.05, 3.63) is 29.6 Å². The van der Waals surface area contributed by atoms with Crippen molar-refractivity contribution >= 4 is 17.4 Å². The first-order valence-corrected chi connectivity index (χ1v) is 7.63. The summed E-state index contributed by atoms with van der Waals surface area (Å²) in [5.74, 6) is 0.964. The maximum Gasteiger partial charge on any atom is 0.125 e. The lowest BCUT2D eigenvalue weighted by molar-refractivity contribution is 0.618. The standard InChI is InChI=1S/C14H23FN2S/c1-11(5-6-18-4)17(3)14-8-12(10-16-2)7-13(15)9-14/h7-9,11,16H,5-6,10H2,1-4H3. The molecule has 18 heavy (non-hydrogen) atoms. The third-order valence-corrected chi connectivity index (χ3v) is 3.78. The molecule has 0 saturated heterocycles. The minimum absolute atomic E-state index is 0.165. The van der Waals surface area contributed by atoms with Gasteiger partial charge in [-0.15, -0.1) is 0 Å². The summed E-state index contributed by atoms with van der Waals surface area (Å²) in [6.07, 6.45) is 3.22. The number of hydrogen-bond donors (Lipinski definition) is 1. The van der Waals surface area contributed by atoms with Gasteiger partial charge in [0, 0.05) is 25.3 Å². The van der Waals surface area contributed by atoms with Crippen molar-refractivity contribution in [1.82, 2.24) is 5.32 Å². The molecule has 1 aromatic carbocycles. The van der Waals surface area contributed by atoms with E-state index in [1.807, 2.05) is 25.9 Å². The van der Waals surface area contributed by atoms with Crippen LogP contribution in [0.2, 0.25) is 0 Å². The molecule has 0 saturated carbocycles. The van der Waals surface area contributed by atoms with Crippen LogP contribution in [0.4, 0.5) is 10.1 Å². The van der Waals surface area contributed by atoms with Crippen LogP contribution < -0.4 is 10.2 Å². The summed E-state index contributed by atoms with van der Waals surface area (Å²) < 4.78 is 13.6. The highest BCUT2D eigenvalue weighted by Crippen LogP contribution is 2.21. The average molecular weight is 270 g/mol. The van der Waals surface area contributed by atoms with Gasteiger partial charge in [0.1, 0.15) is 5.82 Å². The van der Waals surface area contributed by atoms with Gasteiger partial charge in [-0.05, 0) is 56.2 Å². The molecular formula is C14H23FN2S. The van der Waals surface area contributed by atoms with E-state index in [1.165, 1.54) is 0 Å². The lowest BCUT2D eigenvalue weighted by Gasteiger charge is -2.27. The summed E-state index contributed by atoms with van der Waals surface area (Å²) in [4.78, 5) is 2.15. The monoisotopic (exact) mass is 270 g/mol. The fourth-order valence-electron chi connectivity index (χ4n) is 1.88. The van der Waals surface area contributed by atoms with Gasteiger partial charge in [-0.25, -0.2) is 4.39 Å². The Kier molecular flexibility index (Phi) is 6.50. The molecule has 1 unspecified atom stereocenters. The second-order valence-electron chi connectivity index (χ2n) is 4.59. The first-order chi connectivity index (χ1) is 8.58. The molecule has 1 N–H and O–H groups in total. The van der Waals surface area contributed by atoms with E-state index in [1.54, 1.807) is 12.1 Å². The van der Waals surface area contributed by atoms with Gasteiger partial charge in [0.05, 0.1) is 0 Å². The topological polar surface area (TPSA) is 15.3 Å². The van der Waals surface area contributed by atoms with Gasteiger partial charge in [0.25, 0.3) is 0 Å². The van der Waals surface area contributed by atoms with E-state index in [0.29, 0.717) is 12.6 Å². The molecular weight excluding hydrogens is 247 g/mol. The van der Waals surface area contributed by atoms with Gasteiger partial charge in [0.2, 0.25) is 0 Å². The van der Waals surface area contributed by atoms with Gasteiger partial charge in [-0.3, -0.25) is 0 Å². The molecule has 0 radical (unpaired) electrons. The van der Waals surface area contributed by atoms with Crippen molar-refractivity contribution < 1.29 is 4.39 Å². The number of hydrogen-bond acceptors (Lipinski definition) is 3. The zero-order valence-corrected chi connectivity index (χ0v) is 12.5. The van der Waals surface area contributed by atoms with Crippen molar-refractivity contribution in [2.75, 3.05) is 31.0 Å². The van der Waals surface area contributed by atoms with Gasteiger partial charge >= 0.3 is 0 Å². The molecule has 0 aromatic heterocycles. The van der Waals surface area contributed by atoms with E-state index in [0.717, 1.165) is 23.4 Å². The minimum atomic E-state index is -0.165. The van der Waals surface area contributed by atoms with Crippen molar-refractivity contribution in [1.29, 1.82) is 0 Å². The van der Waals surface area contributed by atoms with E-state index in [2.05, 4.69) is 29.5 Å². The molecule has 0 aliphatic carbocycles. The number of anilines is 1. The molecule has 0 fully saturated rings. The minimum Gasteiger partial charge on any atom is -0.372 e. The normalized spacial score (nSPS) is 12.5. The zero-order valence-electron chi connectivity index (χ0n) is 11.7. The van der Waals surface area contributed by atoms with Crippen LogP contribution >= 0.6 is 11.8 Å². The van der Waals surface area contributed by atoms with Crippen molar-refractivity contribution in [3.63, 3.8) is 0 Å². The summed E-state index contributed by atoms with van der Waals surface area (Å²) in [7, 11) is 3.90. The quantitative estimate of drug-likeness (QED) is 0.819. The van der Waals surface area contributed by atoms with Crippen LogP contribution in [-0.4, -0.2) is 32.1 Å². The second kappa shape index (κ2) is 7.64. The highest BCUT2D eigenvalue weighted by molar-refractivity contribution is 7.98. The van der Waals surface area contributed by atoms with Crippen LogP contribution in [0.25, 0.3) is 0 Å². The Hall–Kier alpha value is -0.740. The number of nitrogens with zero attached hydrogens (tertiary/aromatic N) is 1. The number of nitrogens with one attached hydrogen (secondary N) is 1. The first-order valence-electron chi connectivity index (χ1n) is 6.24. The van der Waals surface area contributed by atoms with Gasteiger partial charge < -0.3 is 10.2 Å². The summed E-state index contributed by atoms with van der Waals surface area (Å²) in [6.45, 7) is 2.87. The second-order valence-corrected chi connectivity index (χ2v) is 5.58. The molecule has 1 aromatic rings. The number of benzene rings is 1. The lowest BCUT2D eigenvalue weighted by atomic mass is 10.1. The molecule has 0 aliphatic heterocycles. The van der Waals surface area contributed by atoms with E-state index in [4.69, 9.17) is 0 Å². The molecule has 102 valence electrons. The molecule has 0 bridgehead atoms. The highest BCUT2D eigenvalue weighted by Gasteiger charge is 2.11. The highest BCUT2D eigenvalue weighted by atomic mass is 32.2. The Morgan fingerprint density at radius 2 is 2.11 bits per heavy atom. The maximum absolute atomic E-state index is 13.6. The van der Waals surface area contributed by atoms with Crippen molar-refractivity contribution in [3.8, 4) is 0 Å². The van der Waals surface area contributed by atoms with Crippen LogP contribution in [0.1, 0.15) is 18.9 Å². The Balaban J connectivity index is 2.80. The molecule has 0 aliphatic rings. The van der Waals surface area contributed by atoms with Crippen LogP contribution in [0.15, 0.2) is 18.2 Å². The molecule has 1 atom stereocenters. The van der Waals surface area contributed by atoms with Crippen LogP contribution in [0, 0.1) is 5.82 Å². The fraction of sp³-hybridized carbons (Fsp3) is 0.571. The fourth-order valence-corrected chi connectivity index (χ4v) is 2.46. The predicted octanol–water partition coefficient (Wildman–Crippen LogP) is 3.12. The summed E-state index contributed by atoms with van der Waals surface area (Å²) >= 11 is 1.85. The summed E-state index contributed by atoms with van der Waals surface area (Å²) in [5.41, 5.74) is 1.94. The zero-order chi connectivity index (χ0) is 13.5. The van der Waals surface area contributed by atoms with Crippen LogP contribution in [-0.2, 0) is 6.54 Å². The molecule has 0 spiro atoms. The van der Waals surface area contributed by atoms with E-state index in [9.17, 15) is 4.39 Å². The van der Waals surface area contributed by atoms with E-state index >= 15 is 0 Å². The average Bonchev–Trinajstić information content (AvgIpc) is 2.34. The molecule has 2 nitrogen and oxygen atoms in total. The number of thioether (sulfide) groups is 1. The third kappa shape index (κ3) is 4.50. The SMILES string of the molecule is CNCc1cc(F)cc(N(C)C(C)CCSC)c1. The van der Waals surface area contributed by atoms with Crippen molar-refractivity contribution in [2.24, 2.45) is 0 Å². The maximum atomic E-state index is 13.6. The molecule has 0 amide bonds. The Morgan fingerprint density at radius 1 is 1.39 bits per heavy atom. The van der Waals surface area contributed by atoms with Crippen LogP contribution in [0.3, 0.4) is 0 Å². The van der Waals surface area contributed by atoms with Crippen molar-refractivity contribution in [2.45, 2.75) is 25.9 Å². The molecule has 1 rings (SSSR count).